The Morgan fingerprint density at radius 3 is 1.66 bits per heavy atom. The summed E-state index contributed by atoms with van der Waals surface area (Å²) < 4.78 is 34.4. The molecular weight excluding hydrogens is 649 g/mol. The lowest BCUT2D eigenvalue weighted by atomic mass is 10.0. The second-order valence-corrected chi connectivity index (χ2v) is 15.7. The number of nitrogens with zero attached hydrogens (tertiary/aromatic N) is 1. The fourth-order valence-corrected chi connectivity index (χ4v) is 5.81. The summed E-state index contributed by atoms with van der Waals surface area (Å²) in [5.74, 6) is -0.354. The van der Waals surface area contributed by atoms with E-state index in [9.17, 15) is 14.3 Å². The van der Waals surface area contributed by atoms with Crippen molar-refractivity contribution in [3.63, 3.8) is 0 Å². The van der Waals surface area contributed by atoms with Gasteiger partial charge in [0, 0.05) is 13.0 Å². The normalized spacial score (nSPS) is 14.4. The zero-order valence-electron chi connectivity index (χ0n) is 32.8. The van der Waals surface area contributed by atoms with Crippen LogP contribution in [-0.4, -0.2) is 70.7 Å². The van der Waals surface area contributed by atoms with E-state index >= 15 is 0 Å². The molecule has 2 atom stereocenters. The molecule has 0 aliphatic rings. The average molecular weight is 726 g/mol. The smallest absolute Gasteiger partial charge is 0.306 e. The number of esters is 1. The number of hydrogen-bond acceptors (Lipinski definition) is 7. The third-order valence-corrected chi connectivity index (χ3v) is 9.11. The molecular formula is C41H76NO7P. The van der Waals surface area contributed by atoms with E-state index in [1.54, 1.807) is 0 Å². The zero-order valence-corrected chi connectivity index (χ0v) is 33.7. The molecule has 0 bridgehead atoms. The van der Waals surface area contributed by atoms with Crippen LogP contribution < -0.4 is 4.89 Å². The summed E-state index contributed by atoms with van der Waals surface area (Å²) in [6, 6.07) is 0. The van der Waals surface area contributed by atoms with E-state index < -0.39 is 13.9 Å². The predicted molar refractivity (Wildman–Crippen MR) is 208 cm³/mol. The molecule has 0 amide bonds. The molecule has 50 heavy (non-hydrogen) atoms. The molecule has 0 radical (unpaired) electrons. The van der Waals surface area contributed by atoms with Crippen LogP contribution in [0.25, 0.3) is 0 Å². The average Bonchev–Trinajstić information content (AvgIpc) is 3.06. The van der Waals surface area contributed by atoms with E-state index in [-0.39, 0.29) is 25.8 Å². The van der Waals surface area contributed by atoms with Gasteiger partial charge in [-0.15, -0.1) is 0 Å². The first-order valence-corrected chi connectivity index (χ1v) is 21.3. The molecule has 0 aromatic carbocycles. The Labute approximate surface area is 308 Å². The third kappa shape index (κ3) is 37.7. The van der Waals surface area contributed by atoms with Crippen molar-refractivity contribution in [2.45, 2.75) is 155 Å². The number of carbonyl (C=O) groups excluding carboxylic acids is 1. The minimum Gasteiger partial charge on any atom is -0.756 e. The number of quaternary nitrogens is 1. The van der Waals surface area contributed by atoms with Gasteiger partial charge in [-0.3, -0.25) is 9.36 Å². The Bertz CT molecular complexity index is 942. The van der Waals surface area contributed by atoms with Crippen molar-refractivity contribution in [3.05, 3.63) is 48.6 Å². The quantitative estimate of drug-likeness (QED) is 0.0209. The highest BCUT2D eigenvalue weighted by Gasteiger charge is 2.20. The maximum atomic E-state index is 12.6. The van der Waals surface area contributed by atoms with Gasteiger partial charge in [0.15, 0.2) is 0 Å². The first-order valence-electron chi connectivity index (χ1n) is 19.9. The van der Waals surface area contributed by atoms with Crippen molar-refractivity contribution in [1.29, 1.82) is 0 Å². The number of phosphoric acid groups is 1. The molecule has 0 saturated heterocycles. The monoisotopic (exact) mass is 726 g/mol. The van der Waals surface area contributed by atoms with E-state index in [1.807, 2.05) is 21.1 Å². The maximum absolute atomic E-state index is 12.6. The Morgan fingerprint density at radius 1 is 0.640 bits per heavy atom. The van der Waals surface area contributed by atoms with Crippen LogP contribution in [0.2, 0.25) is 0 Å². The van der Waals surface area contributed by atoms with E-state index in [4.69, 9.17) is 18.5 Å². The van der Waals surface area contributed by atoms with Crippen LogP contribution in [-0.2, 0) is 27.9 Å². The van der Waals surface area contributed by atoms with Gasteiger partial charge in [-0.05, 0) is 44.9 Å². The number of hydrogen-bond donors (Lipinski definition) is 0. The van der Waals surface area contributed by atoms with Crippen LogP contribution in [0.5, 0.6) is 0 Å². The minimum atomic E-state index is -4.53. The number of carbonyl (C=O) groups is 1. The molecule has 0 fully saturated rings. The number of likely N-dealkylation sites (N-methyl/N-ethyl adjacent to an activating group) is 1. The second kappa shape index (κ2) is 34.5. The SMILES string of the molecule is CC/C=C\C/C=C\C/C=C\C/C=C\CCCOCC(COP(=O)([O-])OCC[N+](C)(C)C)OC(=O)CCCCCCCCCCCCCCCC. The Hall–Kier alpha value is -1.54. The van der Waals surface area contributed by atoms with E-state index in [0.29, 0.717) is 24.1 Å². The number of phosphoric ester groups is 1. The topological polar surface area (TPSA) is 94.1 Å². The van der Waals surface area contributed by atoms with E-state index in [1.165, 1.54) is 70.6 Å². The highest BCUT2D eigenvalue weighted by Crippen LogP contribution is 2.38. The molecule has 0 rings (SSSR count). The zero-order chi connectivity index (χ0) is 37.0. The van der Waals surface area contributed by atoms with Crippen molar-refractivity contribution in [3.8, 4) is 0 Å². The fraction of sp³-hybridized carbons (Fsp3) is 0.780. The Kier molecular flexibility index (Phi) is 33.5. The maximum Gasteiger partial charge on any atom is 0.306 e. The first-order chi connectivity index (χ1) is 24.1. The molecule has 0 aliphatic carbocycles. The summed E-state index contributed by atoms with van der Waals surface area (Å²) in [7, 11) is 1.32. The highest BCUT2D eigenvalue weighted by molar-refractivity contribution is 7.45. The van der Waals surface area contributed by atoms with Crippen LogP contribution in [0, 0.1) is 0 Å². The molecule has 0 aromatic heterocycles. The minimum absolute atomic E-state index is 0.0155. The number of rotatable bonds is 36. The lowest BCUT2D eigenvalue weighted by Gasteiger charge is -2.28. The van der Waals surface area contributed by atoms with Gasteiger partial charge in [-0.25, -0.2) is 0 Å². The van der Waals surface area contributed by atoms with Gasteiger partial charge in [0.25, 0.3) is 7.82 Å². The van der Waals surface area contributed by atoms with Gasteiger partial charge in [0.05, 0.1) is 34.4 Å². The molecule has 2 unspecified atom stereocenters. The number of allylic oxidation sites excluding steroid dienone is 8. The summed E-state index contributed by atoms with van der Waals surface area (Å²) in [6.45, 7) is 5.13. The lowest BCUT2D eigenvalue weighted by Crippen LogP contribution is -2.37. The molecule has 0 aromatic rings. The van der Waals surface area contributed by atoms with Gasteiger partial charge >= 0.3 is 5.97 Å². The van der Waals surface area contributed by atoms with E-state index in [2.05, 4.69) is 62.5 Å². The summed E-state index contributed by atoms with van der Waals surface area (Å²) >= 11 is 0. The van der Waals surface area contributed by atoms with Gasteiger partial charge < -0.3 is 27.9 Å². The van der Waals surface area contributed by atoms with Crippen LogP contribution in [0.4, 0.5) is 0 Å². The largest absolute Gasteiger partial charge is 0.756 e. The van der Waals surface area contributed by atoms with Crippen LogP contribution in [0.15, 0.2) is 48.6 Å². The summed E-state index contributed by atoms with van der Waals surface area (Å²) in [6.07, 6.45) is 39.9. The Balaban J connectivity index is 4.37. The van der Waals surface area contributed by atoms with Gasteiger partial charge in [0.2, 0.25) is 0 Å². The van der Waals surface area contributed by atoms with Gasteiger partial charge in [-0.1, -0.05) is 146 Å². The molecule has 0 N–H and O–H groups in total. The van der Waals surface area contributed by atoms with Crippen LogP contribution in [0.1, 0.15) is 149 Å². The van der Waals surface area contributed by atoms with Gasteiger partial charge in [-0.2, -0.15) is 0 Å². The number of unbranched alkanes of at least 4 members (excludes halogenated alkanes) is 14. The molecule has 0 aliphatic heterocycles. The van der Waals surface area contributed by atoms with Crippen molar-refractivity contribution >= 4 is 13.8 Å². The van der Waals surface area contributed by atoms with Crippen molar-refractivity contribution in [2.75, 3.05) is 54.1 Å². The summed E-state index contributed by atoms with van der Waals surface area (Å²) in [4.78, 5) is 24.9. The molecule has 292 valence electrons. The summed E-state index contributed by atoms with van der Waals surface area (Å²) in [5, 5.41) is 0. The first kappa shape index (κ1) is 48.5. The summed E-state index contributed by atoms with van der Waals surface area (Å²) in [5.41, 5.74) is 0. The fourth-order valence-electron chi connectivity index (χ4n) is 5.08. The standard InChI is InChI=1S/C41H76NO7P/c1-6-8-10-12-14-16-18-20-22-24-26-28-30-32-34-41(43)49-40(39-48-50(44,45)47-37-35-42(3,4)5)38-46-36-33-31-29-27-25-23-21-19-17-15-13-11-9-7-2/h9,11,15,17,21,23,27,29,40H,6-8,10,12-14,16,18-20,22,24-26,28,30-39H2,1-5H3/b11-9-,17-15-,23-21-,29-27-. The van der Waals surface area contributed by atoms with Crippen LogP contribution >= 0.6 is 7.82 Å². The predicted octanol–water partition coefficient (Wildman–Crippen LogP) is 10.6. The second-order valence-electron chi connectivity index (χ2n) is 14.3. The van der Waals surface area contributed by atoms with Gasteiger partial charge in [0.1, 0.15) is 19.3 Å². The third-order valence-electron chi connectivity index (χ3n) is 8.14. The molecule has 9 heteroatoms. The van der Waals surface area contributed by atoms with Crippen molar-refractivity contribution in [1.82, 2.24) is 0 Å². The van der Waals surface area contributed by atoms with Crippen molar-refractivity contribution < 1.29 is 37.3 Å². The van der Waals surface area contributed by atoms with E-state index in [0.717, 1.165) is 57.8 Å². The highest BCUT2D eigenvalue weighted by atomic mass is 31.2. The molecule has 0 heterocycles. The molecule has 8 nitrogen and oxygen atoms in total. The molecule has 0 spiro atoms. The van der Waals surface area contributed by atoms with Crippen molar-refractivity contribution in [2.24, 2.45) is 0 Å². The Morgan fingerprint density at radius 2 is 1.14 bits per heavy atom. The molecule has 0 saturated carbocycles. The number of ether oxygens (including phenoxy) is 2. The van der Waals surface area contributed by atoms with Crippen LogP contribution in [0.3, 0.4) is 0 Å². The lowest BCUT2D eigenvalue weighted by molar-refractivity contribution is -0.870.